The molecular weight excluding hydrogens is 355 g/mol. The summed E-state index contributed by atoms with van der Waals surface area (Å²) in [5.41, 5.74) is 0.920. The van der Waals surface area contributed by atoms with Crippen LogP contribution in [0.1, 0.15) is 12.5 Å². The summed E-state index contributed by atoms with van der Waals surface area (Å²) in [7, 11) is 0. The average Bonchev–Trinajstić information content (AvgIpc) is 2.61. The van der Waals surface area contributed by atoms with E-state index in [-0.39, 0.29) is 10.7 Å². The second-order valence-electron chi connectivity index (χ2n) is 5.44. The third-order valence-electron chi connectivity index (χ3n) is 3.67. The van der Waals surface area contributed by atoms with Gasteiger partial charge in [0, 0.05) is 6.07 Å². The molecule has 0 saturated carbocycles. The number of nitrogens with one attached hydrogen (secondary N) is 1. The Bertz CT molecular complexity index is 909. The third-order valence-corrected chi connectivity index (χ3v) is 3.95. The van der Waals surface area contributed by atoms with Crippen LogP contribution >= 0.6 is 12.2 Å². The van der Waals surface area contributed by atoms with Crippen molar-refractivity contribution >= 4 is 40.9 Å². The predicted molar refractivity (Wildman–Crippen MR) is 100 cm³/mol. The SMILES string of the molecule is CCOc1cccc(N2C(=O)C(=Cc3ccc(F)cc3)C(=O)NC2=S)c1. The molecule has 1 N–H and O–H groups in total. The molecule has 2 amide bonds. The zero-order valence-corrected chi connectivity index (χ0v) is 14.7. The highest BCUT2D eigenvalue weighted by molar-refractivity contribution is 7.80. The highest BCUT2D eigenvalue weighted by atomic mass is 32.1. The fourth-order valence-corrected chi connectivity index (χ4v) is 2.78. The summed E-state index contributed by atoms with van der Waals surface area (Å²) in [5.74, 6) is -0.970. The molecule has 0 radical (unpaired) electrons. The van der Waals surface area contributed by atoms with E-state index in [1.54, 1.807) is 24.3 Å². The van der Waals surface area contributed by atoms with Gasteiger partial charge in [0.05, 0.1) is 12.3 Å². The van der Waals surface area contributed by atoms with E-state index in [2.05, 4.69) is 5.32 Å². The molecule has 1 fully saturated rings. The van der Waals surface area contributed by atoms with Crippen LogP contribution in [0.15, 0.2) is 54.1 Å². The Morgan fingerprint density at radius 1 is 1.19 bits per heavy atom. The zero-order chi connectivity index (χ0) is 18.7. The summed E-state index contributed by atoms with van der Waals surface area (Å²) < 4.78 is 18.5. The maximum atomic E-state index is 13.0. The fourth-order valence-electron chi connectivity index (χ4n) is 2.50. The Balaban J connectivity index is 1.98. The first kappa shape index (κ1) is 17.8. The first-order valence-electron chi connectivity index (χ1n) is 7.89. The van der Waals surface area contributed by atoms with E-state index in [1.807, 2.05) is 6.92 Å². The molecule has 2 aromatic rings. The molecule has 0 aliphatic carbocycles. The molecule has 0 atom stereocenters. The number of halogens is 1. The zero-order valence-electron chi connectivity index (χ0n) is 13.9. The second-order valence-corrected chi connectivity index (χ2v) is 5.83. The molecular formula is C19H15FN2O3S. The van der Waals surface area contributed by atoms with Crippen LogP contribution in [-0.2, 0) is 9.59 Å². The normalized spacial score (nSPS) is 16.0. The van der Waals surface area contributed by atoms with Crippen LogP contribution in [0.3, 0.4) is 0 Å². The summed E-state index contributed by atoms with van der Waals surface area (Å²) in [6, 6.07) is 12.3. The van der Waals surface area contributed by atoms with Crippen molar-refractivity contribution in [2.75, 3.05) is 11.5 Å². The largest absolute Gasteiger partial charge is 0.494 e. The summed E-state index contributed by atoms with van der Waals surface area (Å²) in [6.45, 7) is 2.33. The molecule has 0 aromatic heterocycles. The summed E-state index contributed by atoms with van der Waals surface area (Å²) in [5, 5.41) is 2.50. The van der Waals surface area contributed by atoms with Crippen LogP contribution in [-0.4, -0.2) is 23.5 Å². The van der Waals surface area contributed by atoms with Crippen molar-refractivity contribution in [3.05, 3.63) is 65.5 Å². The van der Waals surface area contributed by atoms with Gasteiger partial charge < -0.3 is 4.74 Å². The van der Waals surface area contributed by atoms with Crippen LogP contribution in [0.2, 0.25) is 0 Å². The highest BCUT2D eigenvalue weighted by Gasteiger charge is 2.34. The molecule has 2 aromatic carbocycles. The first-order chi connectivity index (χ1) is 12.5. The number of thiocarbonyl (C=S) groups is 1. The molecule has 1 heterocycles. The number of benzene rings is 2. The van der Waals surface area contributed by atoms with E-state index in [9.17, 15) is 14.0 Å². The monoisotopic (exact) mass is 370 g/mol. The van der Waals surface area contributed by atoms with E-state index in [4.69, 9.17) is 17.0 Å². The molecule has 0 unspecified atom stereocenters. The maximum absolute atomic E-state index is 13.0. The van der Waals surface area contributed by atoms with Crippen molar-refractivity contribution in [3.63, 3.8) is 0 Å². The van der Waals surface area contributed by atoms with Crippen LogP contribution in [0, 0.1) is 5.82 Å². The lowest BCUT2D eigenvalue weighted by Gasteiger charge is -2.29. The number of amides is 2. The van der Waals surface area contributed by atoms with Gasteiger partial charge in [-0.1, -0.05) is 18.2 Å². The van der Waals surface area contributed by atoms with Gasteiger partial charge in [0.15, 0.2) is 5.11 Å². The average molecular weight is 370 g/mol. The standard InChI is InChI=1S/C19H15FN2O3S/c1-2-25-15-5-3-4-14(11-15)22-18(24)16(17(23)21-19(22)26)10-12-6-8-13(20)9-7-12/h3-11H,2H2,1H3,(H,21,23,26). The minimum absolute atomic E-state index is 0.00935. The van der Waals surface area contributed by atoms with Crippen molar-refractivity contribution in [2.24, 2.45) is 0 Å². The molecule has 26 heavy (non-hydrogen) atoms. The van der Waals surface area contributed by atoms with Crippen LogP contribution in [0.5, 0.6) is 5.75 Å². The van der Waals surface area contributed by atoms with Crippen molar-refractivity contribution < 1.29 is 18.7 Å². The molecule has 1 aliphatic heterocycles. The highest BCUT2D eigenvalue weighted by Crippen LogP contribution is 2.25. The Kier molecular flexibility index (Phi) is 5.09. The second kappa shape index (κ2) is 7.45. The van der Waals surface area contributed by atoms with Gasteiger partial charge in [0.2, 0.25) is 0 Å². The van der Waals surface area contributed by atoms with Crippen LogP contribution in [0.4, 0.5) is 10.1 Å². The smallest absolute Gasteiger partial charge is 0.270 e. The number of ether oxygens (including phenoxy) is 1. The maximum Gasteiger partial charge on any atom is 0.270 e. The number of hydrogen-bond donors (Lipinski definition) is 1. The lowest BCUT2D eigenvalue weighted by atomic mass is 10.1. The number of carbonyl (C=O) groups excluding carboxylic acids is 2. The molecule has 5 nitrogen and oxygen atoms in total. The van der Waals surface area contributed by atoms with Gasteiger partial charge >= 0.3 is 0 Å². The van der Waals surface area contributed by atoms with E-state index < -0.39 is 17.6 Å². The lowest BCUT2D eigenvalue weighted by Crippen LogP contribution is -2.54. The van der Waals surface area contributed by atoms with E-state index in [0.717, 1.165) is 0 Å². The van der Waals surface area contributed by atoms with Gasteiger partial charge in [-0.25, -0.2) is 4.39 Å². The summed E-state index contributed by atoms with van der Waals surface area (Å²) in [4.78, 5) is 26.3. The van der Waals surface area contributed by atoms with Gasteiger partial charge in [0.25, 0.3) is 11.8 Å². The number of nitrogens with zero attached hydrogens (tertiary/aromatic N) is 1. The van der Waals surface area contributed by atoms with Gasteiger partial charge in [-0.2, -0.15) is 0 Å². The van der Waals surface area contributed by atoms with Gasteiger partial charge in [-0.15, -0.1) is 0 Å². The quantitative estimate of drug-likeness (QED) is 0.511. The molecule has 1 aliphatic rings. The fraction of sp³-hybridized carbons (Fsp3) is 0.105. The predicted octanol–water partition coefficient (Wildman–Crippen LogP) is 3.06. The Labute approximate surface area is 155 Å². The Morgan fingerprint density at radius 2 is 1.92 bits per heavy atom. The van der Waals surface area contributed by atoms with Gasteiger partial charge in [-0.05, 0) is 55.0 Å². The van der Waals surface area contributed by atoms with Crippen LogP contribution in [0.25, 0.3) is 6.08 Å². The molecule has 0 bridgehead atoms. The topological polar surface area (TPSA) is 58.6 Å². The van der Waals surface area contributed by atoms with E-state index in [0.29, 0.717) is 23.6 Å². The van der Waals surface area contributed by atoms with Gasteiger partial charge in [-0.3, -0.25) is 19.8 Å². The molecule has 0 spiro atoms. The van der Waals surface area contributed by atoms with Gasteiger partial charge in [0.1, 0.15) is 17.1 Å². The molecule has 7 heteroatoms. The third kappa shape index (κ3) is 3.62. The minimum Gasteiger partial charge on any atom is -0.494 e. The first-order valence-corrected chi connectivity index (χ1v) is 8.30. The van der Waals surface area contributed by atoms with Crippen molar-refractivity contribution in [1.29, 1.82) is 0 Å². The number of rotatable bonds is 4. The van der Waals surface area contributed by atoms with Crippen molar-refractivity contribution in [3.8, 4) is 5.75 Å². The van der Waals surface area contributed by atoms with Crippen LogP contribution < -0.4 is 15.0 Å². The Morgan fingerprint density at radius 3 is 2.62 bits per heavy atom. The number of anilines is 1. The summed E-state index contributed by atoms with van der Waals surface area (Å²) in [6.07, 6.45) is 1.40. The van der Waals surface area contributed by atoms with E-state index in [1.165, 1.54) is 35.2 Å². The van der Waals surface area contributed by atoms with E-state index >= 15 is 0 Å². The molecule has 1 saturated heterocycles. The minimum atomic E-state index is -0.596. The van der Waals surface area contributed by atoms with Crippen molar-refractivity contribution in [2.45, 2.75) is 6.92 Å². The molecule has 3 rings (SSSR count). The number of hydrogen-bond acceptors (Lipinski definition) is 4. The Hall–Kier alpha value is -3.06. The number of carbonyl (C=O) groups is 2. The lowest BCUT2D eigenvalue weighted by molar-refractivity contribution is -0.122. The molecule has 132 valence electrons. The van der Waals surface area contributed by atoms with Crippen molar-refractivity contribution in [1.82, 2.24) is 5.32 Å². The summed E-state index contributed by atoms with van der Waals surface area (Å²) >= 11 is 5.16.